The molecule has 25 heavy (non-hydrogen) atoms. The third kappa shape index (κ3) is 3.79. The van der Waals surface area contributed by atoms with E-state index in [4.69, 9.17) is 18.9 Å². The average molecular weight is 347 g/mol. The smallest absolute Gasteiger partial charge is 0.203 e. The van der Waals surface area contributed by atoms with Crippen LogP contribution >= 0.6 is 0 Å². The second-order valence-electron chi connectivity index (χ2n) is 5.09. The van der Waals surface area contributed by atoms with Crippen molar-refractivity contribution in [2.45, 2.75) is 0 Å². The van der Waals surface area contributed by atoms with Crippen LogP contribution in [0.5, 0.6) is 23.0 Å². The van der Waals surface area contributed by atoms with Gasteiger partial charge in [-0.15, -0.1) is 0 Å². The molecular weight excluding hydrogens is 325 g/mol. The van der Waals surface area contributed by atoms with Crippen molar-refractivity contribution in [2.24, 2.45) is 0 Å². The summed E-state index contributed by atoms with van der Waals surface area (Å²) < 4.78 is 35.0. The Kier molecular flexibility index (Phi) is 6.11. The van der Waals surface area contributed by atoms with E-state index in [1.54, 1.807) is 34.4 Å². The second kappa shape index (κ2) is 8.28. The summed E-state index contributed by atoms with van der Waals surface area (Å²) in [6.45, 7) is 0. The van der Waals surface area contributed by atoms with Crippen LogP contribution in [0.3, 0.4) is 0 Å². The molecule has 134 valence electrons. The molecule has 0 aliphatic carbocycles. The van der Waals surface area contributed by atoms with Gasteiger partial charge in [-0.05, 0) is 29.8 Å². The van der Waals surface area contributed by atoms with Gasteiger partial charge in [-0.1, -0.05) is 12.2 Å². The van der Waals surface area contributed by atoms with Gasteiger partial charge in [0.2, 0.25) is 5.75 Å². The molecule has 0 bridgehead atoms. The van der Waals surface area contributed by atoms with Crippen LogP contribution in [-0.4, -0.2) is 35.5 Å². The molecule has 0 radical (unpaired) electrons. The minimum atomic E-state index is -0.420. The van der Waals surface area contributed by atoms with Crippen molar-refractivity contribution < 1.29 is 23.3 Å². The Balaban J connectivity index is 2.46. The lowest BCUT2D eigenvalue weighted by molar-refractivity contribution is 0.324. The summed E-state index contributed by atoms with van der Waals surface area (Å²) in [5, 5.41) is 2.97. The Morgan fingerprint density at radius 3 is 1.92 bits per heavy atom. The van der Waals surface area contributed by atoms with Crippen LogP contribution in [0.15, 0.2) is 24.3 Å². The van der Waals surface area contributed by atoms with Crippen LogP contribution in [-0.2, 0) is 0 Å². The number of methoxy groups -OCH3 is 4. The summed E-state index contributed by atoms with van der Waals surface area (Å²) in [4.78, 5) is 0. The Hall–Kier alpha value is -2.89. The minimum absolute atomic E-state index is 0.176. The van der Waals surface area contributed by atoms with Crippen LogP contribution in [0.25, 0.3) is 12.2 Å². The van der Waals surface area contributed by atoms with E-state index >= 15 is 0 Å². The number of benzene rings is 2. The van der Waals surface area contributed by atoms with E-state index < -0.39 is 5.82 Å². The van der Waals surface area contributed by atoms with E-state index in [1.807, 2.05) is 24.3 Å². The zero-order valence-electron chi connectivity index (χ0n) is 15.0. The first-order valence-electron chi connectivity index (χ1n) is 7.61. The molecule has 0 saturated carbocycles. The molecule has 2 aromatic carbocycles. The summed E-state index contributed by atoms with van der Waals surface area (Å²) in [6.07, 6.45) is 3.73. The van der Waals surface area contributed by atoms with Crippen LogP contribution in [0.4, 0.5) is 10.1 Å². The normalized spacial score (nSPS) is 10.6. The number of halogens is 1. The van der Waals surface area contributed by atoms with Gasteiger partial charge in [0.1, 0.15) is 0 Å². The van der Waals surface area contributed by atoms with Crippen molar-refractivity contribution in [1.82, 2.24) is 0 Å². The van der Waals surface area contributed by atoms with Crippen molar-refractivity contribution in [2.75, 3.05) is 40.8 Å². The summed E-state index contributed by atoms with van der Waals surface area (Å²) in [5.41, 5.74) is 2.21. The maximum Gasteiger partial charge on any atom is 0.203 e. The Morgan fingerprint density at radius 2 is 1.44 bits per heavy atom. The summed E-state index contributed by atoms with van der Waals surface area (Å²) in [5.74, 6) is 1.41. The van der Waals surface area contributed by atoms with E-state index in [0.29, 0.717) is 22.9 Å². The highest BCUT2D eigenvalue weighted by Crippen LogP contribution is 2.39. The molecule has 0 unspecified atom stereocenters. The molecule has 0 amide bonds. The Labute approximate surface area is 147 Å². The van der Waals surface area contributed by atoms with E-state index in [-0.39, 0.29) is 5.75 Å². The zero-order chi connectivity index (χ0) is 18.4. The lowest BCUT2D eigenvalue weighted by Crippen LogP contribution is -1.99. The first-order valence-corrected chi connectivity index (χ1v) is 7.61. The predicted molar refractivity (Wildman–Crippen MR) is 97.5 cm³/mol. The highest BCUT2D eigenvalue weighted by Gasteiger charge is 2.13. The number of ether oxygens (including phenoxy) is 4. The number of nitrogens with one attached hydrogen (secondary N) is 1. The third-order valence-electron chi connectivity index (χ3n) is 3.74. The quantitative estimate of drug-likeness (QED) is 0.765. The maximum atomic E-state index is 13.8. The fourth-order valence-electron chi connectivity index (χ4n) is 2.55. The molecule has 0 aliphatic heterocycles. The van der Waals surface area contributed by atoms with Gasteiger partial charge in [0.05, 0.1) is 34.1 Å². The largest absolute Gasteiger partial charge is 0.493 e. The minimum Gasteiger partial charge on any atom is -0.493 e. The zero-order valence-corrected chi connectivity index (χ0v) is 15.0. The Morgan fingerprint density at radius 1 is 0.840 bits per heavy atom. The highest BCUT2D eigenvalue weighted by atomic mass is 19.1. The van der Waals surface area contributed by atoms with Crippen molar-refractivity contribution in [3.8, 4) is 23.0 Å². The molecule has 2 rings (SSSR count). The van der Waals surface area contributed by atoms with Gasteiger partial charge >= 0.3 is 0 Å². The lowest BCUT2D eigenvalue weighted by atomic mass is 10.1. The topological polar surface area (TPSA) is 49.0 Å². The first kappa shape index (κ1) is 18.4. The molecule has 5 nitrogen and oxygen atoms in total. The van der Waals surface area contributed by atoms with Gasteiger partial charge < -0.3 is 24.3 Å². The summed E-state index contributed by atoms with van der Waals surface area (Å²) in [6, 6.07) is 6.71. The van der Waals surface area contributed by atoms with Crippen LogP contribution < -0.4 is 24.3 Å². The van der Waals surface area contributed by atoms with Gasteiger partial charge in [0.15, 0.2) is 23.1 Å². The fraction of sp³-hybridized carbons (Fsp3) is 0.263. The summed E-state index contributed by atoms with van der Waals surface area (Å²) >= 11 is 0. The van der Waals surface area contributed by atoms with E-state index in [2.05, 4.69) is 5.32 Å². The van der Waals surface area contributed by atoms with Crippen molar-refractivity contribution in [1.29, 1.82) is 0 Å². The van der Waals surface area contributed by atoms with Gasteiger partial charge in [-0.25, -0.2) is 4.39 Å². The van der Waals surface area contributed by atoms with E-state index in [0.717, 1.165) is 11.1 Å². The number of rotatable bonds is 7. The molecule has 0 aliphatic rings. The van der Waals surface area contributed by atoms with Gasteiger partial charge in [0.25, 0.3) is 0 Å². The fourth-order valence-corrected chi connectivity index (χ4v) is 2.55. The maximum absolute atomic E-state index is 13.8. The van der Waals surface area contributed by atoms with Crippen LogP contribution in [0, 0.1) is 5.82 Å². The summed E-state index contributed by atoms with van der Waals surface area (Å²) in [7, 11) is 7.84. The predicted octanol–water partition coefficient (Wildman–Crippen LogP) is 4.07. The molecule has 1 N–H and O–H groups in total. The van der Waals surface area contributed by atoms with Crippen molar-refractivity contribution in [3.05, 3.63) is 41.2 Å². The molecule has 0 spiro atoms. The molecule has 0 heterocycles. The molecule has 2 aromatic rings. The van der Waals surface area contributed by atoms with Gasteiger partial charge in [-0.3, -0.25) is 0 Å². The molecule has 0 fully saturated rings. The Bertz CT molecular complexity index is 749. The highest BCUT2D eigenvalue weighted by molar-refractivity contribution is 5.80. The van der Waals surface area contributed by atoms with Crippen molar-refractivity contribution >= 4 is 17.8 Å². The molecule has 6 heteroatoms. The third-order valence-corrected chi connectivity index (χ3v) is 3.74. The van der Waals surface area contributed by atoms with Crippen LogP contribution in [0.1, 0.15) is 11.1 Å². The number of anilines is 1. The standard InChI is InChI=1S/C19H22FNO4/c1-21-17-13(8-9-14(20)18(17)24-4)7-6-12-10-15(22-2)19(25-5)16(11-12)23-3/h6-11,21H,1-5H3/b7-6-. The average Bonchev–Trinajstić information content (AvgIpc) is 2.65. The van der Waals surface area contributed by atoms with Gasteiger partial charge in [0, 0.05) is 12.6 Å². The lowest BCUT2D eigenvalue weighted by Gasteiger charge is -2.13. The molecular formula is C19H22FNO4. The SMILES string of the molecule is CNc1c(/C=C\c2cc(OC)c(OC)c(OC)c2)ccc(F)c1OC. The first-order chi connectivity index (χ1) is 12.1. The van der Waals surface area contributed by atoms with E-state index in [1.165, 1.54) is 13.2 Å². The van der Waals surface area contributed by atoms with E-state index in [9.17, 15) is 4.39 Å². The van der Waals surface area contributed by atoms with Gasteiger partial charge in [-0.2, -0.15) is 0 Å². The molecule has 0 atom stereocenters. The second-order valence-corrected chi connectivity index (χ2v) is 5.09. The van der Waals surface area contributed by atoms with Crippen molar-refractivity contribution in [3.63, 3.8) is 0 Å². The molecule has 0 saturated heterocycles. The monoisotopic (exact) mass is 347 g/mol. The number of hydrogen-bond donors (Lipinski definition) is 1. The molecule has 0 aromatic heterocycles. The van der Waals surface area contributed by atoms with Crippen LogP contribution in [0.2, 0.25) is 0 Å². The number of hydrogen-bond acceptors (Lipinski definition) is 5.